The van der Waals surface area contributed by atoms with Crippen molar-refractivity contribution in [3.8, 4) is 0 Å². The molecule has 6 heteroatoms. The molecule has 16 heavy (non-hydrogen) atoms. The van der Waals surface area contributed by atoms with Crippen molar-refractivity contribution in [2.45, 2.75) is 12.1 Å². The molecule has 0 aliphatic carbocycles. The lowest BCUT2D eigenvalue weighted by molar-refractivity contribution is -0.145. The van der Waals surface area contributed by atoms with Gasteiger partial charge < -0.3 is 21.3 Å². The number of nitrogens with one attached hydrogen (secondary N) is 1. The van der Waals surface area contributed by atoms with Gasteiger partial charge in [0.1, 0.15) is 6.04 Å². The number of benzene rings is 1. The van der Waals surface area contributed by atoms with E-state index in [0.29, 0.717) is 5.69 Å². The molecule has 1 rings (SSSR count). The van der Waals surface area contributed by atoms with Crippen molar-refractivity contribution >= 4 is 17.6 Å². The van der Waals surface area contributed by atoms with Crippen LogP contribution in [0.25, 0.3) is 0 Å². The van der Waals surface area contributed by atoms with E-state index in [4.69, 9.17) is 15.9 Å². The van der Waals surface area contributed by atoms with Crippen LogP contribution in [-0.2, 0) is 9.59 Å². The maximum Gasteiger partial charge on any atom is 0.328 e. The number of carboxylic acid groups (broad SMARTS) is 2. The first-order valence-electron chi connectivity index (χ1n) is 4.55. The molecule has 2 atom stereocenters. The van der Waals surface area contributed by atoms with Gasteiger partial charge in [-0.05, 0) is 12.1 Å². The molecule has 0 heterocycles. The lowest BCUT2D eigenvalue weighted by Crippen LogP contribution is -2.50. The zero-order valence-corrected chi connectivity index (χ0v) is 8.33. The molecule has 0 bridgehead atoms. The quantitative estimate of drug-likeness (QED) is 0.558. The molecule has 0 aliphatic rings. The Morgan fingerprint density at radius 2 is 1.69 bits per heavy atom. The highest BCUT2D eigenvalue weighted by atomic mass is 16.4. The Balaban J connectivity index is 2.81. The zero-order chi connectivity index (χ0) is 12.1. The Kier molecular flexibility index (Phi) is 3.84. The first kappa shape index (κ1) is 12.0. The number of carbonyl (C=O) groups is 2. The van der Waals surface area contributed by atoms with Gasteiger partial charge in [0, 0.05) is 5.69 Å². The van der Waals surface area contributed by atoms with Gasteiger partial charge in [-0.25, -0.2) is 4.79 Å². The number of para-hydroxylation sites is 1. The highest BCUT2D eigenvalue weighted by Gasteiger charge is 2.30. The van der Waals surface area contributed by atoms with E-state index in [1.165, 1.54) is 0 Å². The van der Waals surface area contributed by atoms with E-state index in [0.717, 1.165) is 0 Å². The molecule has 0 saturated heterocycles. The summed E-state index contributed by atoms with van der Waals surface area (Å²) < 4.78 is 0. The Hall–Kier alpha value is -2.08. The first-order chi connectivity index (χ1) is 7.52. The standard InChI is InChI=1S/C10H12N2O4/c11-7(9(13)14)8(10(15)16)12-6-4-2-1-3-5-6/h1-5,7-8,12H,11H2,(H,13,14)(H,15,16). The van der Waals surface area contributed by atoms with Crippen molar-refractivity contribution in [1.29, 1.82) is 0 Å². The van der Waals surface area contributed by atoms with Gasteiger partial charge in [-0.2, -0.15) is 0 Å². The van der Waals surface area contributed by atoms with Crippen LogP contribution in [-0.4, -0.2) is 34.2 Å². The summed E-state index contributed by atoms with van der Waals surface area (Å²) in [7, 11) is 0. The van der Waals surface area contributed by atoms with Gasteiger partial charge in [-0.15, -0.1) is 0 Å². The van der Waals surface area contributed by atoms with E-state index in [1.54, 1.807) is 30.3 Å². The van der Waals surface area contributed by atoms with E-state index < -0.39 is 24.0 Å². The third-order valence-corrected chi connectivity index (χ3v) is 2.01. The Morgan fingerprint density at radius 3 is 2.12 bits per heavy atom. The molecule has 0 radical (unpaired) electrons. The second-order valence-electron chi connectivity index (χ2n) is 3.19. The smallest absolute Gasteiger partial charge is 0.328 e. The maximum atomic E-state index is 10.8. The van der Waals surface area contributed by atoms with Crippen molar-refractivity contribution in [3.05, 3.63) is 30.3 Å². The van der Waals surface area contributed by atoms with E-state index in [2.05, 4.69) is 5.32 Å². The van der Waals surface area contributed by atoms with Gasteiger partial charge in [-0.3, -0.25) is 4.79 Å². The summed E-state index contributed by atoms with van der Waals surface area (Å²) in [6, 6.07) is 5.56. The molecular formula is C10H12N2O4. The highest BCUT2D eigenvalue weighted by Crippen LogP contribution is 2.08. The minimum atomic E-state index is -1.50. The normalized spacial score (nSPS) is 13.8. The Morgan fingerprint density at radius 1 is 1.12 bits per heavy atom. The fourth-order valence-corrected chi connectivity index (χ4v) is 1.16. The molecule has 1 aromatic carbocycles. The lowest BCUT2D eigenvalue weighted by atomic mass is 10.1. The average molecular weight is 224 g/mol. The maximum absolute atomic E-state index is 10.8. The summed E-state index contributed by atoms with van der Waals surface area (Å²) in [6.45, 7) is 0. The van der Waals surface area contributed by atoms with Gasteiger partial charge in [0.15, 0.2) is 6.04 Å². The van der Waals surface area contributed by atoms with E-state index >= 15 is 0 Å². The molecule has 2 unspecified atom stereocenters. The summed E-state index contributed by atoms with van der Waals surface area (Å²) in [5.74, 6) is -2.67. The predicted octanol–water partition coefficient (Wildman–Crippen LogP) is -0.0364. The Bertz CT molecular complexity index is 380. The third-order valence-electron chi connectivity index (χ3n) is 2.01. The van der Waals surface area contributed by atoms with Gasteiger partial charge >= 0.3 is 11.9 Å². The fourth-order valence-electron chi connectivity index (χ4n) is 1.16. The fraction of sp³-hybridized carbons (Fsp3) is 0.200. The molecule has 0 spiro atoms. The van der Waals surface area contributed by atoms with Crippen LogP contribution in [0.4, 0.5) is 5.69 Å². The van der Waals surface area contributed by atoms with Gasteiger partial charge in [0.05, 0.1) is 0 Å². The number of anilines is 1. The first-order valence-corrected chi connectivity index (χ1v) is 4.55. The molecule has 6 nitrogen and oxygen atoms in total. The van der Waals surface area contributed by atoms with Crippen LogP contribution < -0.4 is 11.1 Å². The molecule has 1 aromatic rings. The minimum Gasteiger partial charge on any atom is -0.480 e. The number of rotatable bonds is 5. The van der Waals surface area contributed by atoms with Gasteiger partial charge in [0.25, 0.3) is 0 Å². The van der Waals surface area contributed by atoms with Crippen molar-refractivity contribution in [2.75, 3.05) is 5.32 Å². The van der Waals surface area contributed by atoms with Crippen LogP contribution in [0.2, 0.25) is 0 Å². The molecule has 86 valence electrons. The number of carboxylic acids is 2. The third kappa shape index (κ3) is 2.96. The molecular weight excluding hydrogens is 212 g/mol. The van der Waals surface area contributed by atoms with E-state index in [-0.39, 0.29) is 0 Å². The summed E-state index contributed by atoms with van der Waals surface area (Å²) in [5.41, 5.74) is 5.77. The van der Waals surface area contributed by atoms with E-state index in [1.807, 2.05) is 0 Å². The van der Waals surface area contributed by atoms with Crippen molar-refractivity contribution < 1.29 is 19.8 Å². The largest absolute Gasteiger partial charge is 0.480 e. The van der Waals surface area contributed by atoms with Crippen molar-refractivity contribution in [2.24, 2.45) is 5.73 Å². The topological polar surface area (TPSA) is 113 Å². The monoisotopic (exact) mass is 224 g/mol. The molecule has 0 aliphatic heterocycles. The van der Waals surface area contributed by atoms with Crippen LogP contribution in [0.15, 0.2) is 30.3 Å². The van der Waals surface area contributed by atoms with Crippen LogP contribution in [0, 0.1) is 0 Å². The predicted molar refractivity (Wildman–Crippen MR) is 57.1 cm³/mol. The second-order valence-corrected chi connectivity index (χ2v) is 3.19. The van der Waals surface area contributed by atoms with Gasteiger partial charge in [-0.1, -0.05) is 18.2 Å². The number of hydrogen-bond donors (Lipinski definition) is 4. The van der Waals surface area contributed by atoms with E-state index in [9.17, 15) is 9.59 Å². The lowest BCUT2D eigenvalue weighted by Gasteiger charge is -2.18. The Labute approximate surface area is 91.7 Å². The number of aliphatic carboxylic acids is 2. The van der Waals surface area contributed by atoms with Gasteiger partial charge in [0.2, 0.25) is 0 Å². The SMILES string of the molecule is NC(C(=O)O)C(Nc1ccccc1)C(=O)O. The summed E-state index contributed by atoms with van der Waals surface area (Å²) in [5, 5.41) is 20.1. The van der Waals surface area contributed by atoms with Crippen LogP contribution in [0.3, 0.4) is 0 Å². The molecule has 0 fully saturated rings. The summed E-state index contributed by atoms with van der Waals surface area (Å²) in [4.78, 5) is 21.5. The second kappa shape index (κ2) is 5.13. The summed E-state index contributed by atoms with van der Waals surface area (Å²) >= 11 is 0. The van der Waals surface area contributed by atoms with Crippen LogP contribution >= 0.6 is 0 Å². The molecule has 5 N–H and O–H groups in total. The van der Waals surface area contributed by atoms with Crippen molar-refractivity contribution in [1.82, 2.24) is 0 Å². The molecule has 0 amide bonds. The van der Waals surface area contributed by atoms with Crippen LogP contribution in [0.5, 0.6) is 0 Å². The van der Waals surface area contributed by atoms with Crippen LogP contribution in [0.1, 0.15) is 0 Å². The molecule has 0 saturated carbocycles. The van der Waals surface area contributed by atoms with Crippen molar-refractivity contribution in [3.63, 3.8) is 0 Å². The average Bonchev–Trinajstić information content (AvgIpc) is 2.26. The number of nitrogens with two attached hydrogens (primary N) is 1. The minimum absolute atomic E-state index is 0.506. The highest BCUT2D eigenvalue weighted by molar-refractivity contribution is 5.87. The summed E-state index contributed by atoms with van der Waals surface area (Å²) in [6.07, 6.45) is 0. The number of hydrogen-bond acceptors (Lipinski definition) is 4. The molecule has 0 aromatic heterocycles. The zero-order valence-electron chi connectivity index (χ0n) is 8.33.